The molecule has 4 N–H and O–H groups in total. The molecular formula is C20H30Cl2N6O2. The Kier molecular flexibility index (Phi) is 11.2. The third kappa shape index (κ3) is 8.20. The van der Waals surface area contributed by atoms with Crippen LogP contribution in [0.3, 0.4) is 0 Å². The van der Waals surface area contributed by atoms with Crippen molar-refractivity contribution < 1.29 is 4.92 Å². The van der Waals surface area contributed by atoms with Crippen LogP contribution < -0.4 is 16.4 Å². The van der Waals surface area contributed by atoms with Gasteiger partial charge in [0, 0.05) is 18.2 Å². The second kappa shape index (κ2) is 13.1. The first-order chi connectivity index (χ1) is 14.2. The summed E-state index contributed by atoms with van der Waals surface area (Å²) < 4.78 is 0. The summed E-state index contributed by atoms with van der Waals surface area (Å²) in [6.45, 7) is 8.28. The van der Waals surface area contributed by atoms with Gasteiger partial charge < -0.3 is 16.4 Å². The van der Waals surface area contributed by atoms with Crippen molar-refractivity contribution in [3.63, 3.8) is 0 Å². The number of nitrogen functional groups attached to an aromatic ring is 1. The molecule has 30 heavy (non-hydrogen) atoms. The fourth-order valence-electron chi connectivity index (χ4n) is 2.62. The maximum Gasteiger partial charge on any atom is 0.311 e. The molecule has 2 heterocycles. The molecule has 2 aromatic heterocycles. The smallest absolute Gasteiger partial charge is 0.311 e. The van der Waals surface area contributed by atoms with Crippen molar-refractivity contribution in [1.29, 1.82) is 0 Å². The summed E-state index contributed by atoms with van der Waals surface area (Å²) in [5.74, 6) is 0.928. The molecule has 2 rings (SSSR count). The van der Waals surface area contributed by atoms with Crippen molar-refractivity contribution in [1.82, 2.24) is 9.97 Å². The van der Waals surface area contributed by atoms with Crippen LogP contribution in [-0.4, -0.2) is 27.0 Å². The number of pyridine rings is 2. The number of nitrogens with zero attached hydrogens (tertiary/aromatic N) is 3. The van der Waals surface area contributed by atoms with Gasteiger partial charge in [0.2, 0.25) is 5.82 Å². The van der Waals surface area contributed by atoms with E-state index in [9.17, 15) is 10.1 Å². The van der Waals surface area contributed by atoms with E-state index in [0.717, 1.165) is 25.7 Å². The lowest BCUT2D eigenvalue weighted by Crippen LogP contribution is -2.18. The molecule has 0 amide bonds. The lowest BCUT2D eigenvalue weighted by atomic mass is 10.2. The number of nitrogens with one attached hydrogen (secondary N) is 2. The largest absolute Gasteiger partial charge is 0.396 e. The standard InChI is InChI=1S/C10H14ClN3O2.C10H16ClN3/c1-3-7(4-2)12-10-8(14(15)16)5-6-9(11)13-10;1-3-7(4-2)13-10-8(12)5-6-9(11)14-10/h5-7H,3-4H2,1-2H3,(H,12,13);5-7H,3-4,12H2,1-2H3,(H,13,14). The molecule has 0 bridgehead atoms. The average Bonchev–Trinajstić information content (AvgIpc) is 2.72. The van der Waals surface area contributed by atoms with Crippen LogP contribution >= 0.6 is 23.2 Å². The predicted molar refractivity (Wildman–Crippen MR) is 126 cm³/mol. The summed E-state index contributed by atoms with van der Waals surface area (Å²) in [6, 6.07) is 6.81. The van der Waals surface area contributed by atoms with Crippen molar-refractivity contribution in [2.45, 2.75) is 65.5 Å². The van der Waals surface area contributed by atoms with Gasteiger partial charge in [-0.25, -0.2) is 9.97 Å². The first kappa shape index (κ1) is 25.7. The number of anilines is 3. The highest BCUT2D eigenvalue weighted by Gasteiger charge is 2.17. The first-order valence-corrected chi connectivity index (χ1v) is 10.8. The van der Waals surface area contributed by atoms with Crippen LogP contribution in [-0.2, 0) is 0 Å². The van der Waals surface area contributed by atoms with E-state index in [1.54, 1.807) is 12.1 Å². The molecule has 0 fully saturated rings. The number of nitro groups is 1. The van der Waals surface area contributed by atoms with E-state index in [1.165, 1.54) is 12.1 Å². The minimum Gasteiger partial charge on any atom is -0.396 e. The lowest BCUT2D eigenvalue weighted by Gasteiger charge is -2.16. The maximum absolute atomic E-state index is 10.8. The van der Waals surface area contributed by atoms with Crippen molar-refractivity contribution in [2.75, 3.05) is 16.4 Å². The number of nitrogens with two attached hydrogens (primary N) is 1. The van der Waals surface area contributed by atoms with Gasteiger partial charge in [-0.2, -0.15) is 0 Å². The Morgan fingerprint density at radius 2 is 1.33 bits per heavy atom. The number of rotatable bonds is 9. The minimum absolute atomic E-state index is 0.0451. The molecular weight excluding hydrogens is 427 g/mol. The highest BCUT2D eigenvalue weighted by atomic mass is 35.5. The topological polar surface area (TPSA) is 119 Å². The van der Waals surface area contributed by atoms with Gasteiger partial charge in [-0.3, -0.25) is 10.1 Å². The van der Waals surface area contributed by atoms with E-state index >= 15 is 0 Å². The van der Waals surface area contributed by atoms with Gasteiger partial charge in [0.05, 0.1) is 10.6 Å². The van der Waals surface area contributed by atoms with Crippen molar-refractivity contribution >= 4 is 46.2 Å². The normalized spacial score (nSPS) is 10.5. The molecule has 0 saturated heterocycles. The third-order valence-corrected chi connectivity index (χ3v) is 5.00. The number of aromatic nitrogens is 2. The fourth-order valence-corrected chi connectivity index (χ4v) is 2.91. The molecule has 8 nitrogen and oxygen atoms in total. The molecule has 10 heteroatoms. The molecule has 0 aromatic carbocycles. The highest BCUT2D eigenvalue weighted by Crippen LogP contribution is 2.25. The van der Waals surface area contributed by atoms with E-state index in [4.69, 9.17) is 28.9 Å². The van der Waals surface area contributed by atoms with Gasteiger partial charge in [0.15, 0.2) is 5.82 Å². The SMILES string of the molecule is CCC(CC)Nc1nc(Cl)ccc1N.CCC(CC)Nc1nc(Cl)ccc1[N+](=O)[O-]. The zero-order valence-corrected chi connectivity index (χ0v) is 19.3. The fraction of sp³-hybridized carbons (Fsp3) is 0.500. The summed E-state index contributed by atoms with van der Waals surface area (Å²) in [4.78, 5) is 18.4. The van der Waals surface area contributed by atoms with Gasteiger partial charge in [-0.15, -0.1) is 0 Å². The molecule has 166 valence electrons. The zero-order valence-electron chi connectivity index (χ0n) is 17.8. The number of hydrogen-bond acceptors (Lipinski definition) is 7. The molecule has 2 aromatic rings. The predicted octanol–water partition coefficient (Wildman–Crippen LogP) is 6.16. The average molecular weight is 457 g/mol. The Balaban J connectivity index is 0.000000303. The van der Waals surface area contributed by atoms with E-state index in [0.29, 0.717) is 22.7 Å². The highest BCUT2D eigenvalue weighted by molar-refractivity contribution is 6.29. The van der Waals surface area contributed by atoms with Crippen LogP contribution in [0.2, 0.25) is 10.3 Å². The van der Waals surface area contributed by atoms with Gasteiger partial charge >= 0.3 is 5.69 Å². The van der Waals surface area contributed by atoms with Gasteiger partial charge in [0.1, 0.15) is 10.3 Å². The molecule has 0 aliphatic rings. The second-order valence-corrected chi connectivity index (χ2v) is 7.42. The van der Waals surface area contributed by atoms with Gasteiger partial charge in [0.25, 0.3) is 0 Å². The molecule has 0 aliphatic heterocycles. The Labute approximate surface area is 187 Å². The molecule has 0 spiro atoms. The second-order valence-electron chi connectivity index (χ2n) is 6.65. The van der Waals surface area contributed by atoms with E-state index in [2.05, 4.69) is 34.4 Å². The summed E-state index contributed by atoms with van der Waals surface area (Å²) in [5, 5.41) is 17.8. The molecule has 0 saturated carbocycles. The number of hydrogen-bond donors (Lipinski definition) is 3. The quantitative estimate of drug-likeness (QED) is 0.234. The summed E-state index contributed by atoms with van der Waals surface area (Å²) in [6.07, 6.45) is 3.85. The molecule has 0 unspecified atom stereocenters. The van der Waals surface area contributed by atoms with Crippen molar-refractivity contribution in [3.8, 4) is 0 Å². The molecule has 0 aliphatic carbocycles. The summed E-state index contributed by atoms with van der Waals surface area (Å²) in [5.41, 5.74) is 6.36. The Morgan fingerprint density at radius 1 is 0.900 bits per heavy atom. The lowest BCUT2D eigenvalue weighted by molar-refractivity contribution is -0.384. The van der Waals surface area contributed by atoms with E-state index < -0.39 is 4.92 Å². The van der Waals surface area contributed by atoms with Crippen LogP contribution in [0.1, 0.15) is 53.4 Å². The first-order valence-electron chi connectivity index (χ1n) is 10.0. The van der Waals surface area contributed by atoms with Crippen LogP contribution in [0.4, 0.5) is 23.0 Å². The van der Waals surface area contributed by atoms with Crippen molar-refractivity contribution in [3.05, 3.63) is 44.7 Å². The third-order valence-electron chi connectivity index (χ3n) is 4.58. The Bertz CT molecular complexity index is 814. The van der Waals surface area contributed by atoms with Gasteiger partial charge in [-0.05, 0) is 43.9 Å². The molecule has 0 radical (unpaired) electrons. The Hall–Kier alpha value is -2.32. The van der Waals surface area contributed by atoms with E-state index in [1.807, 2.05) is 13.8 Å². The Morgan fingerprint density at radius 3 is 1.80 bits per heavy atom. The van der Waals surface area contributed by atoms with Crippen molar-refractivity contribution in [2.24, 2.45) is 0 Å². The van der Waals surface area contributed by atoms with Crippen LogP contribution in [0.5, 0.6) is 0 Å². The monoisotopic (exact) mass is 456 g/mol. The van der Waals surface area contributed by atoms with E-state index in [-0.39, 0.29) is 22.7 Å². The summed E-state index contributed by atoms with van der Waals surface area (Å²) >= 11 is 11.5. The summed E-state index contributed by atoms with van der Waals surface area (Å²) in [7, 11) is 0. The van der Waals surface area contributed by atoms with Gasteiger partial charge in [-0.1, -0.05) is 50.9 Å². The van der Waals surface area contributed by atoms with Crippen LogP contribution in [0.25, 0.3) is 0 Å². The van der Waals surface area contributed by atoms with Crippen LogP contribution in [0, 0.1) is 10.1 Å². The molecule has 0 atom stereocenters. The van der Waals surface area contributed by atoms with Crippen LogP contribution in [0.15, 0.2) is 24.3 Å². The maximum atomic E-state index is 10.8. The number of halogens is 2. The zero-order chi connectivity index (χ0) is 22.7. The minimum atomic E-state index is -0.464.